The number of halogens is 1. The van der Waals surface area contributed by atoms with Crippen LogP contribution in [0.15, 0.2) is 24.3 Å². The molecule has 1 aromatic carbocycles. The predicted molar refractivity (Wildman–Crippen MR) is 86.5 cm³/mol. The molecule has 1 atom stereocenters. The first-order valence-corrected chi connectivity index (χ1v) is 7.85. The molecule has 1 aliphatic heterocycles. The van der Waals surface area contributed by atoms with Crippen LogP contribution in [0.3, 0.4) is 0 Å². The van der Waals surface area contributed by atoms with Crippen molar-refractivity contribution in [1.29, 1.82) is 0 Å². The third kappa shape index (κ3) is 4.94. The molecule has 0 aromatic heterocycles. The van der Waals surface area contributed by atoms with Crippen LogP contribution in [0.1, 0.15) is 32.8 Å². The summed E-state index contributed by atoms with van der Waals surface area (Å²) in [7, 11) is 0. The van der Waals surface area contributed by atoms with E-state index >= 15 is 0 Å². The molecule has 6 heteroatoms. The van der Waals surface area contributed by atoms with Crippen LogP contribution in [0, 0.1) is 5.82 Å². The van der Waals surface area contributed by atoms with Gasteiger partial charge in [-0.1, -0.05) is 12.1 Å². The first kappa shape index (κ1) is 17.2. The van der Waals surface area contributed by atoms with Gasteiger partial charge in [0.1, 0.15) is 5.82 Å². The van der Waals surface area contributed by atoms with Crippen molar-refractivity contribution in [1.82, 2.24) is 15.5 Å². The number of nitrogens with zero attached hydrogens (tertiary/aromatic N) is 1. The van der Waals surface area contributed by atoms with E-state index in [1.54, 1.807) is 17.0 Å². The summed E-state index contributed by atoms with van der Waals surface area (Å²) in [6.07, 6.45) is 0.966. The Morgan fingerprint density at radius 2 is 1.96 bits per heavy atom. The number of hydrogen-bond acceptors (Lipinski definition) is 2. The molecule has 1 saturated heterocycles. The van der Waals surface area contributed by atoms with Crippen LogP contribution < -0.4 is 10.6 Å². The lowest BCUT2D eigenvalue weighted by Gasteiger charge is -2.32. The normalized spacial score (nSPS) is 18.2. The molecule has 0 bridgehead atoms. The molecule has 0 spiro atoms. The summed E-state index contributed by atoms with van der Waals surface area (Å²) in [5.41, 5.74) is 0.730. The Labute approximate surface area is 136 Å². The topological polar surface area (TPSA) is 61.4 Å². The Bertz CT molecular complexity index is 566. The van der Waals surface area contributed by atoms with Crippen molar-refractivity contribution < 1.29 is 14.0 Å². The van der Waals surface area contributed by atoms with Crippen molar-refractivity contribution in [3.05, 3.63) is 35.6 Å². The first-order valence-electron chi connectivity index (χ1n) is 7.85. The molecule has 1 fully saturated rings. The van der Waals surface area contributed by atoms with Crippen LogP contribution >= 0.6 is 0 Å². The highest BCUT2D eigenvalue weighted by Crippen LogP contribution is 2.21. The Morgan fingerprint density at radius 1 is 1.30 bits per heavy atom. The molecule has 0 radical (unpaired) electrons. The minimum absolute atomic E-state index is 0.0640. The minimum atomic E-state index is -0.277. The number of carbonyl (C=O) groups is 2. The molecule has 0 aliphatic carbocycles. The highest BCUT2D eigenvalue weighted by Gasteiger charge is 2.36. The number of rotatable bonds is 4. The fourth-order valence-corrected chi connectivity index (χ4v) is 2.66. The number of amides is 3. The summed E-state index contributed by atoms with van der Waals surface area (Å²) in [6, 6.07) is 5.77. The Hall–Kier alpha value is -2.11. The molecule has 5 nitrogen and oxygen atoms in total. The molecule has 126 valence electrons. The van der Waals surface area contributed by atoms with E-state index in [1.807, 2.05) is 20.8 Å². The average molecular weight is 321 g/mol. The Balaban J connectivity index is 1.73. The van der Waals surface area contributed by atoms with Gasteiger partial charge in [0.15, 0.2) is 0 Å². The van der Waals surface area contributed by atoms with Crippen LogP contribution in [0.4, 0.5) is 9.18 Å². The van der Waals surface area contributed by atoms with Gasteiger partial charge in [-0.15, -0.1) is 0 Å². The van der Waals surface area contributed by atoms with Gasteiger partial charge in [0.25, 0.3) is 0 Å². The maximum atomic E-state index is 12.8. The highest BCUT2D eigenvalue weighted by atomic mass is 19.1. The molecule has 0 saturated carbocycles. The van der Waals surface area contributed by atoms with Gasteiger partial charge in [0, 0.05) is 25.0 Å². The second-order valence-electron chi connectivity index (χ2n) is 6.85. The number of urea groups is 1. The lowest BCUT2D eigenvalue weighted by atomic mass is 10.1. The molecule has 1 heterocycles. The van der Waals surface area contributed by atoms with Crippen molar-refractivity contribution in [2.24, 2.45) is 0 Å². The van der Waals surface area contributed by atoms with E-state index in [0.717, 1.165) is 5.56 Å². The SMILES string of the molecule is CC(C)(C)N1CC(NC(=O)NCCc2ccc(F)cc2)CC1=O. The van der Waals surface area contributed by atoms with E-state index in [4.69, 9.17) is 0 Å². The van der Waals surface area contributed by atoms with Gasteiger partial charge in [-0.25, -0.2) is 9.18 Å². The summed E-state index contributed by atoms with van der Waals surface area (Å²) in [5, 5.41) is 5.60. The van der Waals surface area contributed by atoms with Gasteiger partial charge in [0.2, 0.25) is 5.91 Å². The van der Waals surface area contributed by atoms with E-state index < -0.39 is 0 Å². The zero-order chi connectivity index (χ0) is 17.0. The van der Waals surface area contributed by atoms with Crippen LogP contribution in [0.25, 0.3) is 0 Å². The van der Waals surface area contributed by atoms with Gasteiger partial charge >= 0.3 is 6.03 Å². The van der Waals surface area contributed by atoms with Crippen LogP contribution in [0.2, 0.25) is 0 Å². The summed E-state index contributed by atoms with van der Waals surface area (Å²) in [6.45, 7) is 6.94. The lowest BCUT2D eigenvalue weighted by Crippen LogP contribution is -2.46. The largest absolute Gasteiger partial charge is 0.338 e. The molecule has 2 N–H and O–H groups in total. The predicted octanol–water partition coefficient (Wildman–Crippen LogP) is 2.07. The maximum absolute atomic E-state index is 12.8. The van der Waals surface area contributed by atoms with Gasteiger partial charge in [-0.2, -0.15) is 0 Å². The number of nitrogens with one attached hydrogen (secondary N) is 2. The van der Waals surface area contributed by atoms with E-state index in [1.165, 1.54) is 12.1 Å². The van der Waals surface area contributed by atoms with E-state index in [0.29, 0.717) is 25.9 Å². The summed E-state index contributed by atoms with van der Waals surface area (Å²) >= 11 is 0. The smallest absolute Gasteiger partial charge is 0.315 e. The highest BCUT2D eigenvalue weighted by molar-refractivity contribution is 5.82. The van der Waals surface area contributed by atoms with Crippen LogP contribution in [-0.2, 0) is 11.2 Å². The second-order valence-corrected chi connectivity index (χ2v) is 6.85. The molecule has 23 heavy (non-hydrogen) atoms. The fourth-order valence-electron chi connectivity index (χ4n) is 2.66. The van der Waals surface area contributed by atoms with Crippen molar-refractivity contribution in [3.63, 3.8) is 0 Å². The number of carbonyl (C=O) groups excluding carboxylic acids is 2. The van der Waals surface area contributed by atoms with Crippen LogP contribution in [-0.4, -0.2) is 41.5 Å². The number of benzene rings is 1. The van der Waals surface area contributed by atoms with Gasteiger partial charge in [-0.05, 0) is 44.9 Å². The maximum Gasteiger partial charge on any atom is 0.315 e. The quantitative estimate of drug-likeness (QED) is 0.892. The van der Waals surface area contributed by atoms with E-state index in [9.17, 15) is 14.0 Å². The zero-order valence-corrected chi connectivity index (χ0v) is 13.9. The number of hydrogen-bond donors (Lipinski definition) is 2. The van der Waals surface area contributed by atoms with Gasteiger partial charge in [0.05, 0.1) is 6.04 Å². The fraction of sp³-hybridized carbons (Fsp3) is 0.529. The summed E-state index contributed by atoms with van der Waals surface area (Å²) in [4.78, 5) is 25.6. The van der Waals surface area contributed by atoms with Crippen molar-refractivity contribution in [2.75, 3.05) is 13.1 Å². The van der Waals surface area contributed by atoms with Gasteiger partial charge < -0.3 is 15.5 Å². The summed E-state index contributed by atoms with van der Waals surface area (Å²) < 4.78 is 12.8. The molecule has 1 unspecified atom stereocenters. The molecule has 1 aromatic rings. The molecule has 3 amide bonds. The minimum Gasteiger partial charge on any atom is -0.338 e. The molecule has 1 aliphatic rings. The van der Waals surface area contributed by atoms with Crippen molar-refractivity contribution in [3.8, 4) is 0 Å². The van der Waals surface area contributed by atoms with E-state index in [-0.39, 0.29) is 29.3 Å². The first-order chi connectivity index (χ1) is 10.8. The number of likely N-dealkylation sites (tertiary alicyclic amines) is 1. The Morgan fingerprint density at radius 3 is 2.52 bits per heavy atom. The standard InChI is InChI=1S/C17H24FN3O2/c1-17(2,3)21-11-14(10-15(21)22)20-16(23)19-9-8-12-4-6-13(18)7-5-12/h4-7,14H,8-11H2,1-3H3,(H2,19,20,23). The molecular formula is C17H24FN3O2. The summed E-state index contributed by atoms with van der Waals surface area (Å²) in [5.74, 6) is -0.206. The zero-order valence-electron chi connectivity index (χ0n) is 13.9. The van der Waals surface area contributed by atoms with Gasteiger partial charge in [-0.3, -0.25) is 4.79 Å². The van der Waals surface area contributed by atoms with Crippen molar-refractivity contribution >= 4 is 11.9 Å². The third-order valence-electron chi connectivity index (χ3n) is 3.88. The molecular weight excluding hydrogens is 297 g/mol. The monoisotopic (exact) mass is 321 g/mol. The third-order valence-corrected chi connectivity index (χ3v) is 3.88. The molecule has 2 rings (SSSR count). The average Bonchev–Trinajstić information content (AvgIpc) is 2.82. The van der Waals surface area contributed by atoms with E-state index in [2.05, 4.69) is 10.6 Å². The second kappa shape index (κ2) is 6.98. The van der Waals surface area contributed by atoms with Crippen LogP contribution in [0.5, 0.6) is 0 Å². The Kier molecular flexibility index (Phi) is 5.23. The lowest BCUT2D eigenvalue weighted by molar-refractivity contribution is -0.131. The van der Waals surface area contributed by atoms with Crippen molar-refractivity contribution in [2.45, 2.75) is 45.2 Å².